The Hall–Kier alpha value is -4.12. The molecule has 0 fully saturated rings. The van der Waals surface area contributed by atoms with Gasteiger partial charge in [-0.15, -0.1) is 6.42 Å². The van der Waals surface area contributed by atoms with Crippen molar-refractivity contribution in [2.75, 3.05) is 12.4 Å². The highest BCUT2D eigenvalue weighted by Gasteiger charge is 2.32. The van der Waals surface area contributed by atoms with Crippen LogP contribution in [0.1, 0.15) is 33.6 Å². The SMILES string of the molecule is C#Cc1cc(CNC(=O)/C=C/c2ccc(C(F)(F)F)nc2CCc2ccccc2)cc(F)c1NC. The van der Waals surface area contributed by atoms with Crippen molar-refractivity contribution in [1.82, 2.24) is 10.3 Å². The minimum Gasteiger partial charge on any atom is -0.385 e. The number of hydrogen-bond acceptors (Lipinski definition) is 3. The minimum absolute atomic E-state index is 0.0187. The first-order valence-corrected chi connectivity index (χ1v) is 10.7. The maximum absolute atomic E-state index is 14.2. The number of aromatic nitrogens is 1. The van der Waals surface area contributed by atoms with Crippen LogP contribution in [0.3, 0.4) is 0 Å². The molecule has 35 heavy (non-hydrogen) atoms. The van der Waals surface area contributed by atoms with Crippen molar-refractivity contribution in [2.24, 2.45) is 0 Å². The molecule has 180 valence electrons. The number of nitrogens with zero attached hydrogens (tertiary/aromatic N) is 1. The molecule has 0 saturated carbocycles. The molecule has 8 heteroatoms. The largest absolute Gasteiger partial charge is 0.433 e. The zero-order valence-corrected chi connectivity index (χ0v) is 18.9. The fraction of sp³-hybridized carbons (Fsp3) is 0.185. The average molecular weight is 481 g/mol. The first-order valence-electron chi connectivity index (χ1n) is 10.7. The third-order valence-electron chi connectivity index (χ3n) is 5.23. The number of halogens is 4. The highest BCUT2D eigenvalue weighted by molar-refractivity contribution is 5.91. The van der Waals surface area contributed by atoms with Crippen LogP contribution < -0.4 is 10.6 Å². The van der Waals surface area contributed by atoms with Crippen LogP contribution in [0.15, 0.2) is 60.7 Å². The van der Waals surface area contributed by atoms with E-state index < -0.39 is 23.6 Å². The number of carbonyl (C=O) groups is 1. The van der Waals surface area contributed by atoms with Gasteiger partial charge in [0.2, 0.25) is 5.91 Å². The fourth-order valence-electron chi connectivity index (χ4n) is 3.48. The second kappa shape index (κ2) is 11.3. The summed E-state index contributed by atoms with van der Waals surface area (Å²) in [6, 6.07) is 14.4. The van der Waals surface area contributed by atoms with Crippen LogP contribution in [-0.2, 0) is 30.4 Å². The summed E-state index contributed by atoms with van der Waals surface area (Å²) in [5.41, 5.74) is 1.60. The first kappa shape index (κ1) is 25.5. The summed E-state index contributed by atoms with van der Waals surface area (Å²) < 4.78 is 53.7. The molecule has 4 nitrogen and oxygen atoms in total. The quantitative estimate of drug-likeness (QED) is 0.258. The molecule has 1 amide bonds. The molecule has 0 atom stereocenters. The summed E-state index contributed by atoms with van der Waals surface area (Å²) in [4.78, 5) is 16.1. The van der Waals surface area contributed by atoms with Gasteiger partial charge in [0.15, 0.2) is 0 Å². The molecule has 0 aliphatic rings. The van der Waals surface area contributed by atoms with Crippen LogP contribution in [0.5, 0.6) is 0 Å². The molecule has 2 N–H and O–H groups in total. The van der Waals surface area contributed by atoms with Gasteiger partial charge in [0.05, 0.1) is 11.3 Å². The van der Waals surface area contributed by atoms with E-state index in [-0.39, 0.29) is 24.3 Å². The van der Waals surface area contributed by atoms with Crippen LogP contribution in [0.2, 0.25) is 0 Å². The average Bonchev–Trinajstić information content (AvgIpc) is 2.84. The van der Waals surface area contributed by atoms with Gasteiger partial charge in [-0.3, -0.25) is 4.79 Å². The van der Waals surface area contributed by atoms with Gasteiger partial charge < -0.3 is 10.6 Å². The van der Waals surface area contributed by atoms with Crippen LogP contribution in [-0.4, -0.2) is 17.9 Å². The summed E-state index contributed by atoms with van der Waals surface area (Å²) in [5, 5.41) is 5.31. The smallest absolute Gasteiger partial charge is 0.385 e. The highest BCUT2D eigenvalue weighted by Crippen LogP contribution is 2.29. The van der Waals surface area contributed by atoms with Crippen LogP contribution >= 0.6 is 0 Å². The van der Waals surface area contributed by atoms with Crippen LogP contribution in [0.4, 0.5) is 23.2 Å². The Balaban J connectivity index is 1.74. The number of pyridine rings is 1. The van der Waals surface area contributed by atoms with E-state index >= 15 is 0 Å². The van der Waals surface area contributed by atoms with Crippen molar-refractivity contribution < 1.29 is 22.4 Å². The molecule has 2 aromatic carbocycles. The van der Waals surface area contributed by atoms with Gasteiger partial charge in [0.25, 0.3) is 0 Å². The van der Waals surface area contributed by atoms with E-state index in [0.29, 0.717) is 23.1 Å². The predicted molar refractivity (Wildman–Crippen MR) is 128 cm³/mol. The monoisotopic (exact) mass is 481 g/mol. The van der Waals surface area contributed by atoms with E-state index in [4.69, 9.17) is 6.42 Å². The van der Waals surface area contributed by atoms with E-state index in [2.05, 4.69) is 21.5 Å². The Morgan fingerprint density at radius 2 is 1.83 bits per heavy atom. The Kier molecular flexibility index (Phi) is 8.26. The molecule has 0 spiro atoms. The molecule has 0 unspecified atom stereocenters. The number of anilines is 1. The molecule has 1 aromatic heterocycles. The standard InChI is InChI=1S/C27H23F4N3O/c1-3-20-15-19(16-22(28)26(20)32-2)17-33-25(35)14-11-21-10-13-24(27(29,30)31)34-23(21)12-9-18-7-5-4-6-8-18/h1,4-8,10-11,13-16,32H,9,12,17H2,2H3,(H,33,35)/b14-11+. The van der Waals surface area contributed by atoms with Crippen molar-refractivity contribution in [1.29, 1.82) is 0 Å². The third kappa shape index (κ3) is 6.93. The van der Waals surface area contributed by atoms with Gasteiger partial charge in [0.1, 0.15) is 11.5 Å². The molecule has 3 aromatic rings. The molecule has 0 aliphatic carbocycles. The van der Waals surface area contributed by atoms with Crippen molar-refractivity contribution in [2.45, 2.75) is 25.6 Å². The predicted octanol–water partition coefficient (Wildman–Crippen LogP) is 5.38. The number of rotatable bonds is 8. The lowest BCUT2D eigenvalue weighted by Crippen LogP contribution is -2.20. The molecule has 0 bridgehead atoms. The topological polar surface area (TPSA) is 54.0 Å². The number of carbonyl (C=O) groups excluding carboxylic acids is 1. The van der Waals surface area contributed by atoms with Crippen molar-refractivity contribution in [3.05, 3.63) is 100 Å². The Morgan fingerprint density at radius 1 is 1.09 bits per heavy atom. The number of terminal acetylenes is 1. The number of nitrogens with one attached hydrogen (secondary N) is 2. The van der Waals surface area contributed by atoms with Gasteiger partial charge in [-0.05, 0) is 53.8 Å². The lowest BCUT2D eigenvalue weighted by molar-refractivity contribution is -0.141. The normalized spacial score (nSPS) is 11.3. The third-order valence-corrected chi connectivity index (χ3v) is 5.23. The summed E-state index contributed by atoms with van der Waals surface area (Å²) in [7, 11) is 1.55. The molecular formula is C27H23F4N3O. The second-order valence-electron chi connectivity index (χ2n) is 7.66. The van der Waals surface area contributed by atoms with Gasteiger partial charge >= 0.3 is 6.18 Å². The number of amides is 1. The van der Waals surface area contributed by atoms with Gasteiger partial charge in [-0.25, -0.2) is 9.37 Å². The number of hydrogen-bond donors (Lipinski definition) is 2. The first-order chi connectivity index (χ1) is 16.7. The number of benzene rings is 2. The fourth-order valence-corrected chi connectivity index (χ4v) is 3.48. The van der Waals surface area contributed by atoms with Gasteiger partial charge in [-0.2, -0.15) is 13.2 Å². The number of alkyl halides is 3. The number of aryl methyl sites for hydroxylation is 2. The Morgan fingerprint density at radius 3 is 2.49 bits per heavy atom. The van der Waals surface area contributed by atoms with Crippen LogP contribution in [0.25, 0.3) is 6.08 Å². The van der Waals surface area contributed by atoms with Crippen molar-refractivity contribution >= 4 is 17.7 Å². The maximum atomic E-state index is 14.2. The zero-order chi connectivity index (χ0) is 25.4. The van der Waals surface area contributed by atoms with Crippen molar-refractivity contribution in [3.8, 4) is 12.3 Å². The van der Waals surface area contributed by atoms with Crippen LogP contribution in [0, 0.1) is 18.2 Å². The van der Waals surface area contributed by atoms with E-state index in [0.717, 1.165) is 11.6 Å². The van der Waals surface area contributed by atoms with Gasteiger partial charge in [0, 0.05) is 25.4 Å². The molecule has 3 rings (SSSR count). The lowest BCUT2D eigenvalue weighted by Gasteiger charge is -2.11. The van der Waals surface area contributed by atoms with E-state index in [1.54, 1.807) is 13.1 Å². The molecular weight excluding hydrogens is 458 g/mol. The molecule has 0 saturated heterocycles. The zero-order valence-electron chi connectivity index (χ0n) is 18.9. The summed E-state index contributed by atoms with van der Waals surface area (Å²) in [6.45, 7) is 0.0187. The van der Waals surface area contributed by atoms with E-state index in [1.807, 2.05) is 30.3 Å². The van der Waals surface area contributed by atoms with Gasteiger partial charge in [-0.1, -0.05) is 42.3 Å². The Bertz CT molecular complexity index is 1260. The molecule has 0 radical (unpaired) electrons. The minimum atomic E-state index is -4.57. The summed E-state index contributed by atoms with van der Waals surface area (Å²) in [5.74, 6) is 1.35. The van der Waals surface area contributed by atoms with E-state index in [9.17, 15) is 22.4 Å². The van der Waals surface area contributed by atoms with Crippen molar-refractivity contribution in [3.63, 3.8) is 0 Å². The highest BCUT2D eigenvalue weighted by atomic mass is 19.4. The molecule has 0 aliphatic heterocycles. The molecule has 1 heterocycles. The maximum Gasteiger partial charge on any atom is 0.433 e. The lowest BCUT2D eigenvalue weighted by atomic mass is 10.0. The summed E-state index contributed by atoms with van der Waals surface area (Å²) in [6.07, 6.45) is 4.22. The Labute approximate surface area is 201 Å². The summed E-state index contributed by atoms with van der Waals surface area (Å²) >= 11 is 0. The van der Waals surface area contributed by atoms with E-state index in [1.165, 1.54) is 24.3 Å². The second-order valence-corrected chi connectivity index (χ2v) is 7.66.